The Balaban J connectivity index is -0.000000100. The molecule has 0 aliphatic carbocycles. The molecule has 0 aromatic carbocycles. The van der Waals surface area contributed by atoms with Crippen LogP contribution in [0.1, 0.15) is 57.2 Å². The largest absolute Gasteiger partial charge is 1.00 e. The van der Waals surface area contributed by atoms with E-state index in [1.807, 2.05) is 0 Å². The molecule has 0 nitrogen and oxygen atoms in total. The Hall–Kier alpha value is 1.06. The van der Waals surface area contributed by atoms with Crippen molar-refractivity contribution in [2.45, 2.75) is 75.5 Å². The molecule has 0 bridgehead atoms. The van der Waals surface area contributed by atoms with Gasteiger partial charge in [0.15, 0.2) is 0 Å². The zero-order valence-electron chi connectivity index (χ0n) is 14.6. The van der Waals surface area contributed by atoms with Crippen LogP contribution in [0, 0.1) is 11.8 Å². The minimum Gasteiger partial charge on any atom is -1.00 e. The molecule has 0 aliphatic heterocycles. The van der Waals surface area contributed by atoms with Gasteiger partial charge >= 0.3 is 118 Å². The van der Waals surface area contributed by atoms with Gasteiger partial charge in [0, 0.05) is 0 Å². The third kappa shape index (κ3) is 24.3. The minimum absolute atomic E-state index is 0. The van der Waals surface area contributed by atoms with Gasteiger partial charge in [0.25, 0.3) is 0 Å². The smallest absolute Gasteiger partial charge is 1.00 e. The first-order chi connectivity index (χ1) is 7.54. The van der Waals surface area contributed by atoms with Gasteiger partial charge in [-0.2, -0.15) is 0 Å². The molecule has 0 saturated carbocycles. The second kappa shape index (κ2) is 16.1. The van der Waals surface area contributed by atoms with Gasteiger partial charge < -0.3 is 2.85 Å². The van der Waals surface area contributed by atoms with E-state index in [9.17, 15) is 0 Å². The summed E-state index contributed by atoms with van der Waals surface area (Å²) in [5.41, 5.74) is 0. The van der Waals surface area contributed by atoms with Gasteiger partial charge in [0.2, 0.25) is 0 Å². The summed E-state index contributed by atoms with van der Waals surface area (Å²) in [5.74, 6) is 1.86. The Labute approximate surface area is 120 Å². The second-order valence-corrected chi connectivity index (χ2v) is 8.67. The molecule has 96 valence electrons. The van der Waals surface area contributed by atoms with Crippen LogP contribution in [0.15, 0.2) is 0 Å². The van der Waals surface area contributed by atoms with E-state index in [-0.39, 0.29) is 2.85 Å². The summed E-state index contributed by atoms with van der Waals surface area (Å²) in [6.07, 6.45) is 2.80. The van der Waals surface area contributed by atoms with Crippen molar-refractivity contribution in [2.24, 2.45) is 11.8 Å². The van der Waals surface area contributed by atoms with E-state index in [1.54, 1.807) is 0 Å². The summed E-state index contributed by atoms with van der Waals surface area (Å²) in [5, 5.41) is 5.98. The minimum atomic E-state index is 0. The predicted molar refractivity (Wildman–Crippen MR) is 83.2 cm³/mol. The molecule has 0 rings (SSSR count). The molecule has 0 saturated heterocycles. The quantitative estimate of drug-likeness (QED) is 0.402. The van der Waals surface area contributed by atoms with Crippen molar-refractivity contribution in [3.8, 4) is 0 Å². The topological polar surface area (TPSA) is 0 Å². The SMILES string of the molecule is CC(C)[CH2][Al+][CH2]C(C)C.CC[CH2][Al+][CH2]CC.[H-].[H-]. The van der Waals surface area contributed by atoms with E-state index in [2.05, 4.69) is 41.5 Å². The molecule has 0 aromatic rings. The molecule has 0 aliphatic rings. The first kappa shape index (κ1) is 19.4. The summed E-state index contributed by atoms with van der Waals surface area (Å²) < 4.78 is 0. The molecule has 16 heavy (non-hydrogen) atoms. The first-order valence-electron chi connectivity index (χ1n) is 7.17. The van der Waals surface area contributed by atoms with E-state index in [0.29, 0.717) is 0 Å². The van der Waals surface area contributed by atoms with Crippen LogP contribution in [-0.4, -0.2) is 30.4 Å². The molecule has 0 N–H and O–H groups in total. The third-order valence-corrected chi connectivity index (χ3v) is 6.79. The van der Waals surface area contributed by atoms with Crippen LogP contribution < -0.4 is 0 Å². The molecule has 0 unspecified atom stereocenters. The van der Waals surface area contributed by atoms with Gasteiger partial charge in [-0.3, -0.25) is 0 Å². The standard InChI is InChI=1S/2C4H9.2C3H7.2Al.2H/c2*1-4(2)3;2*1-3-2;;;;/h2*4H,1H2,2-3H3;2*1,3H2,2H3;;;;/q;;;;2*+1;2*-1. The predicted octanol–water partition coefficient (Wildman–Crippen LogP) is 5.41. The normalized spacial score (nSPS) is 9.50. The maximum Gasteiger partial charge on any atom is -1.00 e. The van der Waals surface area contributed by atoms with Crippen molar-refractivity contribution < 1.29 is 2.85 Å². The second-order valence-electron chi connectivity index (χ2n) is 5.41. The fourth-order valence-corrected chi connectivity index (χ4v) is 3.95. The number of rotatable bonds is 8. The molecule has 0 amide bonds. The van der Waals surface area contributed by atoms with E-state index in [4.69, 9.17) is 0 Å². The van der Waals surface area contributed by atoms with E-state index in [1.165, 1.54) is 34.0 Å². The number of hydrogen-bond acceptors (Lipinski definition) is 0. The van der Waals surface area contributed by atoms with Gasteiger partial charge in [-0.05, 0) is 0 Å². The van der Waals surface area contributed by atoms with Crippen molar-refractivity contribution in [1.82, 2.24) is 0 Å². The van der Waals surface area contributed by atoms with E-state index >= 15 is 0 Å². The first-order valence-corrected chi connectivity index (χ1v) is 10.4. The fraction of sp³-hybridized carbons (Fsp3) is 1.00. The zero-order chi connectivity index (χ0) is 12.8. The molecular formula is C14H34Al2. The third-order valence-electron chi connectivity index (χ3n) is 2.26. The molecule has 2 heteroatoms. The molecule has 0 spiro atoms. The van der Waals surface area contributed by atoms with Gasteiger partial charge in [0.05, 0.1) is 0 Å². The average molecular weight is 256 g/mol. The molecule has 0 aromatic heterocycles. The zero-order valence-corrected chi connectivity index (χ0v) is 14.9. The van der Waals surface area contributed by atoms with Crippen LogP contribution in [0.2, 0.25) is 21.1 Å². The summed E-state index contributed by atoms with van der Waals surface area (Å²) >= 11 is 1.58. The van der Waals surface area contributed by atoms with Crippen molar-refractivity contribution in [3.05, 3.63) is 0 Å². The Bertz CT molecular complexity index is 108. The van der Waals surface area contributed by atoms with Crippen molar-refractivity contribution in [3.63, 3.8) is 0 Å². The van der Waals surface area contributed by atoms with Crippen molar-refractivity contribution in [2.75, 3.05) is 0 Å². The van der Waals surface area contributed by atoms with E-state index in [0.717, 1.165) is 42.3 Å². The maximum atomic E-state index is 2.31. The maximum absolute atomic E-state index is 2.31. The van der Waals surface area contributed by atoms with Crippen LogP contribution in [0.3, 0.4) is 0 Å². The fourth-order valence-electron chi connectivity index (χ4n) is 1.32. The molecule has 0 radical (unpaired) electrons. The Morgan fingerprint density at radius 2 is 1.12 bits per heavy atom. The Kier molecular flexibility index (Phi) is 19.5. The van der Waals surface area contributed by atoms with Crippen LogP contribution in [-0.2, 0) is 0 Å². The van der Waals surface area contributed by atoms with Crippen molar-refractivity contribution >= 4 is 30.4 Å². The van der Waals surface area contributed by atoms with Gasteiger partial charge in [-0.25, -0.2) is 0 Å². The average Bonchev–Trinajstić information content (AvgIpc) is 2.18. The van der Waals surface area contributed by atoms with Crippen LogP contribution in [0.5, 0.6) is 0 Å². The van der Waals surface area contributed by atoms with Gasteiger partial charge in [0.1, 0.15) is 0 Å². The summed E-state index contributed by atoms with van der Waals surface area (Å²) in [6.45, 7) is 13.8. The summed E-state index contributed by atoms with van der Waals surface area (Å²) in [4.78, 5) is 0. The monoisotopic (exact) mass is 256 g/mol. The van der Waals surface area contributed by atoms with Crippen molar-refractivity contribution in [1.29, 1.82) is 0 Å². The van der Waals surface area contributed by atoms with Gasteiger partial charge in [-0.1, -0.05) is 0 Å². The van der Waals surface area contributed by atoms with Gasteiger partial charge in [-0.15, -0.1) is 0 Å². The number of hydrogen-bond donors (Lipinski definition) is 0. The van der Waals surface area contributed by atoms with Crippen LogP contribution >= 0.6 is 0 Å². The molecular weight excluding hydrogens is 222 g/mol. The summed E-state index contributed by atoms with van der Waals surface area (Å²) in [6, 6.07) is 0. The molecule has 0 heterocycles. The Morgan fingerprint density at radius 1 is 0.750 bits per heavy atom. The van der Waals surface area contributed by atoms with E-state index < -0.39 is 0 Å². The Morgan fingerprint density at radius 3 is 1.38 bits per heavy atom. The molecule has 0 fully saturated rings. The van der Waals surface area contributed by atoms with Crippen LogP contribution in [0.4, 0.5) is 0 Å². The summed E-state index contributed by atoms with van der Waals surface area (Å²) in [7, 11) is 0. The molecule has 0 atom stereocenters. The van der Waals surface area contributed by atoms with Crippen LogP contribution in [0.25, 0.3) is 0 Å².